The van der Waals surface area contributed by atoms with Crippen molar-refractivity contribution < 1.29 is 14.6 Å². The standard InChI is InChI=1S/C25H22N2O3/c1-17-7-8-19(13-18(17)2)16-30-24-6-4-3-5-20(24)14-21(15-26)25(29)27-22-9-11-23(28)12-10-22/h3-14,28H,16H2,1-2H3,(H,27,29)/b21-14+. The van der Waals surface area contributed by atoms with Crippen molar-refractivity contribution in [3.63, 3.8) is 0 Å². The first-order valence-corrected chi connectivity index (χ1v) is 9.46. The molecule has 3 aromatic rings. The van der Waals surface area contributed by atoms with Crippen LogP contribution in [0.25, 0.3) is 6.08 Å². The smallest absolute Gasteiger partial charge is 0.266 e. The number of hydrogen-bond acceptors (Lipinski definition) is 4. The van der Waals surface area contributed by atoms with Crippen molar-refractivity contribution in [3.05, 3.63) is 94.6 Å². The second kappa shape index (κ2) is 9.44. The Morgan fingerprint density at radius 3 is 2.50 bits per heavy atom. The van der Waals surface area contributed by atoms with E-state index in [0.29, 0.717) is 23.6 Å². The summed E-state index contributed by atoms with van der Waals surface area (Å²) in [5, 5.41) is 21.5. The van der Waals surface area contributed by atoms with Gasteiger partial charge in [0.15, 0.2) is 0 Å². The predicted molar refractivity (Wildman–Crippen MR) is 117 cm³/mol. The Morgan fingerprint density at radius 1 is 1.07 bits per heavy atom. The lowest BCUT2D eigenvalue weighted by molar-refractivity contribution is -0.112. The van der Waals surface area contributed by atoms with E-state index in [1.54, 1.807) is 24.3 Å². The molecular formula is C25H22N2O3. The van der Waals surface area contributed by atoms with Gasteiger partial charge in [0, 0.05) is 11.3 Å². The summed E-state index contributed by atoms with van der Waals surface area (Å²) in [7, 11) is 0. The fourth-order valence-corrected chi connectivity index (χ4v) is 2.83. The number of nitriles is 1. The topological polar surface area (TPSA) is 82.3 Å². The van der Waals surface area contributed by atoms with Crippen LogP contribution < -0.4 is 10.1 Å². The zero-order valence-electron chi connectivity index (χ0n) is 16.8. The zero-order chi connectivity index (χ0) is 21.5. The van der Waals surface area contributed by atoms with Crippen molar-refractivity contribution in [3.8, 4) is 17.6 Å². The SMILES string of the molecule is Cc1ccc(COc2ccccc2/C=C(\C#N)C(=O)Nc2ccc(O)cc2)cc1C. The van der Waals surface area contributed by atoms with E-state index in [4.69, 9.17) is 4.74 Å². The number of para-hydroxylation sites is 1. The Balaban J connectivity index is 1.77. The van der Waals surface area contributed by atoms with Crippen LogP contribution in [0.3, 0.4) is 0 Å². The van der Waals surface area contributed by atoms with Gasteiger partial charge in [-0.2, -0.15) is 5.26 Å². The highest BCUT2D eigenvalue weighted by molar-refractivity contribution is 6.09. The van der Waals surface area contributed by atoms with Crippen LogP contribution in [0, 0.1) is 25.2 Å². The van der Waals surface area contributed by atoms with Crippen LogP contribution in [0.15, 0.2) is 72.3 Å². The first kappa shape index (κ1) is 20.7. The number of benzene rings is 3. The number of carbonyl (C=O) groups excluding carboxylic acids is 1. The zero-order valence-corrected chi connectivity index (χ0v) is 16.8. The first-order chi connectivity index (χ1) is 14.5. The number of nitrogens with zero attached hydrogens (tertiary/aromatic N) is 1. The first-order valence-electron chi connectivity index (χ1n) is 9.46. The van der Waals surface area contributed by atoms with Gasteiger partial charge in [0.1, 0.15) is 29.7 Å². The van der Waals surface area contributed by atoms with E-state index < -0.39 is 5.91 Å². The summed E-state index contributed by atoms with van der Waals surface area (Å²) in [4.78, 5) is 12.5. The van der Waals surface area contributed by atoms with Gasteiger partial charge in [0.2, 0.25) is 0 Å². The van der Waals surface area contributed by atoms with Crippen molar-refractivity contribution in [1.29, 1.82) is 5.26 Å². The Hall–Kier alpha value is -4.04. The van der Waals surface area contributed by atoms with E-state index in [-0.39, 0.29) is 11.3 Å². The molecule has 0 radical (unpaired) electrons. The molecule has 0 aliphatic carbocycles. The lowest BCUT2D eigenvalue weighted by atomic mass is 10.1. The van der Waals surface area contributed by atoms with Gasteiger partial charge in [-0.3, -0.25) is 4.79 Å². The van der Waals surface area contributed by atoms with Gasteiger partial charge in [-0.05, 0) is 66.9 Å². The van der Waals surface area contributed by atoms with Crippen molar-refractivity contribution in [2.24, 2.45) is 0 Å². The number of anilines is 1. The third-order valence-electron chi connectivity index (χ3n) is 4.67. The number of carbonyl (C=O) groups is 1. The molecule has 30 heavy (non-hydrogen) atoms. The largest absolute Gasteiger partial charge is 0.508 e. The normalized spacial score (nSPS) is 10.9. The van der Waals surface area contributed by atoms with Gasteiger partial charge < -0.3 is 15.2 Å². The molecule has 3 rings (SSSR count). The molecule has 5 heteroatoms. The number of hydrogen-bond donors (Lipinski definition) is 2. The van der Waals surface area contributed by atoms with Gasteiger partial charge >= 0.3 is 0 Å². The molecule has 2 N–H and O–H groups in total. The molecule has 0 saturated carbocycles. The van der Waals surface area contributed by atoms with Crippen molar-refractivity contribution in [2.45, 2.75) is 20.5 Å². The summed E-state index contributed by atoms with van der Waals surface area (Å²) < 4.78 is 5.96. The van der Waals surface area contributed by atoms with Crippen LogP contribution in [-0.2, 0) is 11.4 Å². The molecule has 5 nitrogen and oxygen atoms in total. The molecule has 0 fully saturated rings. The van der Waals surface area contributed by atoms with Crippen molar-refractivity contribution >= 4 is 17.7 Å². The van der Waals surface area contributed by atoms with Gasteiger partial charge in [-0.15, -0.1) is 0 Å². The Labute approximate surface area is 175 Å². The Kier molecular flexibility index (Phi) is 6.51. The summed E-state index contributed by atoms with van der Waals surface area (Å²) in [6.45, 7) is 4.50. The predicted octanol–water partition coefficient (Wildman–Crippen LogP) is 5.13. The maximum absolute atomic E-state index is 12.5. The van der Waals surface area contributed by atoms with E-state index in [1.165, 1.54) is 29.3 Å². The van der Waals surface area contributed by atoms with E-state index in [1.807, 2.05) is 24.3 Å². The molecule has 0 unspecified atom stereocenters. The molecule has 0 aliphatic heterocycles. The molecule has 150 valence electrons. The lowest BCUT2D eigenvalue weighted by Crippen LogP contribution is -2.13. The maximum Gasteiger partial charge on any atom is 0.266 e. The highest BCUT2D eigenvalue weighted by Crippen LogP contribution is 2.23. The molecular weight excluding hydrogens is 376 g/mol. The van der Waals surface area contributed by atoms with E-state index in [2.05, 4.69) is 31.3 Å². The molecule has 0 aliphatic rings. The molecule has 0 aromatic heterocycles. The van der Waals surface area contributed by atoms with Crippen LogP contribution in [0.2, 0.25) is 0 Å². The number of rotatable bonds is 6. The summed E-state index contributed by atoms with van der Waals surface area (Å²) in [6, 6.07) is 21.4. The lowest BCUT2D eigenvalue weighted by Gasteiger charge is -2.11. The third-order valence-corrected chi connectivity index (χ3v) is 4.67. The quantitative estimate of drug-likeness (QED) is 0.342. The van der Waals surface area contributed by atoms with E-state index in [0.717, 1.165) is 5.56 Å². The van der Waals surface area contributed by atoms with Crippen LogP contribution in [-0.4, -0.2) is 11.0 Å². The number of aryl methyl sites for hydroxylation is 2. The van der Waals surface area contributed by atoms with E-state index in [9.17, 15) is 15.2 Å². The van der Waals surface area contributed by atoms with Crippen LogP contribution >= 0.6 is 0 Å². The Bertz CT molecular complexity index is 1130. The number of ether oxygens (including phenoxy) is 1. The van der Waals surface area contributed by atoms with Crippen LogP contribution in [0.5, 0.6) is 11.5 Å². The number of amides is 1. The highest BCUT2D eigenvalue weighted by Gasteiger charge is 2.11. The molecule has 0 atom stereocenters. The highest BCUT2D eigenvalue weighted by atomic mass is 16.5. The van der Waals surface area contributed by atoms with Crippen LogP contribution in [0.4, 0.5) is 5.69 Å². The minimum absolute atomic E-state index is 0.0506. The fourth-order valence-electron chi connectivity index (χ4n) is 2.83. The summed E-state index contributed by atoms with van der Waals surface area (Å²) >= 11 is 0. The molecule has 0 spiro atoms. The summed E-state index contributed by atoms with van der Waals surface area (Å²) in [5.74, 6) is 0.145. The van der Waals surface area contributed by atoms with Crippen LogP contribution in [0.1, 0.15) is 22.3 Å². The third kappa shape index (κ3) is 5.27. The van der Waals surface area contributed by atoms with Gasteiger partial charge in [0.25, 0.3) is 5.91 Å². The molecule has 3 aromatic carbocycles. The number of phenolic OH excluding ortho intramolecular Hbond substituents is 1. The molecule has 0 heterocycles. The maximum atomic E-state index is 12.5. The summed E-state index contributed by atoms with van der Waals surface area (Å²) in [5.41, 5.74) is 4.53. The fraction of sp³-hybridized carbons (Fsp3) is 0.120. The van der Waals surface area contributed by atoms with Gasteiger partial charge in [0.05, 0.1) is 0 Å². The number of nitrogens with one attached hydrogen (secondary N) is 1. The minimum Gasteiger partial charge on any atom is -0.508 e. The number of phenols is 1. The number of aromatic hydroxyl groups is 1. The average molecular weight is 398 g/mol. The average Bonchev–Trinajstić information content (AvgIpc) is 2.75. The van der Waals surface area contributed by atoms with Crippen molar-refractivity contribution in [1.82, 2.24) is 0 Å². The van der Waals surface area contributed by atoms with Crippen molar-refractivity contribution in [2.75, 3.05) is 5.32 Å². The monoisotopic (exact) mass is 398 g/mol. The van der Waals surface area contributed by atoms with E-state index >= 15 is 0 Å². The second-order valence-electron chi connectivity index (χ2n) is 6.92. The molecule has 0 bridgehead atoms. The second-order valence-corrected chi connectivity index (χ2v) is 6.92. The summed E-state index contributed by atoms with van der Waals surface area (Å²) in [6.07, 6.45) is 1.51. The molecule has 0 saturated heterocycles. The molecule has 1 amide bonds. The van der Waals surface area contributed by atoms with Gasteiger partial charge in [-0.25, -0.2) is 0 Å². The Morgan fingerprint density at radius 2 is 1.80 bits per heavy atom. The minimum atomic E-state index is -0.535. The van der Waals surface area contributed by atoms with Gasteiger partial charge in [-0.1, -0.05) is 36.4 Å².